The van der Waals surface area contributed by atoms with Crippen LogP contribution in [0, 0.1) is 5.92 Å². The normalized spacial score (nSPS) is 19.6. The van der Waals surface area contributed by atoms with Crippen LogP contribution in [0.15, 0.2) is 11.6 Å². The molecule has 114 valence electrons. The molecule has 2 heterocycles. The van der Waals surface area contributed by atoms with E-state index in [0.717, 1.165) is 30.7 Å². The number of carbonyl (C=O) groups excluding carboxylic acids is 2. The summed E-state index contributed by atoms with van der Waals surface area (Å²) in [5.41, 5.74) is 0. The molecule has 1 aromatic rings. The molecule has 2 aliphatic rings. The highest BCUT2D eigenvalue weighted by Crippen LogP contribution is 2.32. The molecule has 0 atom stereocenters. The topological polar surface area (TPSA) is 53.5 Å². The van der Waals surface area contributed by atoms with E-state index in [2.05, 4.69) is 4.98 Å². The van der Waals surface area contributed by atoms with Gasteiger partial charge in [-0.1, -0.05) is 0 Å². The molecule has 0 unspecified atom stereocenters. The number of hydrogen-bond acceptors (Lipinski definition) is 4. The average Bonchev–Trinajstić information content (AvgIpc) is 3.20. The maximum atomic E-state index is 12.8. The van der Waals surface area contributed by atoms with Crippen LogP contribution in [0.3, 0.4) is 0 Å². The molecule has 1 aromatic heterocycles. The van der Waals surface area contributed by atoms with E-state index in [1.807, 2.05) is 15.2 Å². The van der Waals surface area contributed by atoms with Crippen molar-refractivity contribution in [1.29, 1.82) is 0 Å². The van der Waals surface area contributed by atoms with Crippen LogP contribution in [0.2, 0.25) is 0 Å². The third-order valence-electron chi connectivity index (χ3n) is 4.35. The van der Waals surface area contributed by atoms with Gasteiger partial charge in [-0.15, -0.1) is 11.3 Å². The molecule has 2 fully saturated rings. The van der Waals surface area contributed by atoms with Crippen molar-refractivity contribution in [2.45, 2.75) is 45.2 Å². The third-order valence-corrected chi connectivity index (χ3v) is 5.11. The highest BCUT2D eigenvalue weighted by molar-refractivity contribution is 7.09. The number of rotatable bonds is 4. The summed E-state index contributed by atoms with van der Waals surface area (Å²) in [6, 6.07) is 0.409. The Balaban J connectivity index is 1.61. The summed E-state index contributed by atoms with van der Waals surface area (Å²) >= 11 is 1.61. The maximum Gasteiger partial charge on any atom is 0.226 e. The molecule has 1 aliphatic carbocycles. The summed E-state index contributed by atoms with van der Waals surface area (Å²) < 4.78 is 0. The molecule has 1 saturated carbocycles. The van der Waals surface area contributed by atoms with Crippen molar-refractivity contribution in [1.82, 2.24) is 14.8 Å². The van der Waals surface area contributed by atoms with Crippen LogP contribution in [0.4, 0.5) is 0 Å². The molecule has 0 radical (unpaired) electrons. The van der Waals surface area contributed by atoms with Crippen LogP contribution in [-0.2, 0) is 16.1 Å². The van der Waals surface area contributed by atoms with Crippen molar-refractivity contribution >= 4 is 23.2 Å². The lowest BCUT2D eigenvalue weighted by Gasteiger charge is -2.33. The van der Waals surface area contributed by atoms with Crippen molar-refractivity contribution in [3.05, 3.63) is 16.6 Å². The molecule has 1 saturated heterocycles. The smallest absolute Gasteiger partial charge is 0.226 e. The molecule has 0 spiro atoms. The quantitative estimate of drug-likeness (QED) is 0.853. The van der Waals surface area contributed by atoms with E-state index in [1.165, 1.54) is 0 Å². The van der Waals surface area contributed by atoms with Crippen molar-refractivity contribution in [2.24, 2.45) is 5.92 Å². The molecule has 21 heavy (non-hydrogen) atoms. The fourth-order valence-electron chi connectivity index (χ4n) is 2.93. The Labute approximate surface area is 129 Å². The van der Waals surface area contributed by atoms with E-state index in [0.29, 0.717) is 25.7 Å². The second-order valence-electron chi connectivity index (χ2n) is 5.90. The first-order valence-corrected chi connectivity index (χ1v) is 8.47. The standard InChI is InChI=1S/C15H21N3O2S/c1-11(19)17-7-4-12(5-8-17)15(20)18(13-2-3-13)10-14-16-6-9-21-14/h6,9,12-13H,2-5,7-8,10H2,1H3. The van der Waals surface area contributed by atoms with Crippen LogP contribution in [0.1, 0.15) is 37.6 Å². The van der Waals surface area contributed by atoms with E-state index in [4.69, 9.17) is 0 Å². The second-order valence-corrected chi connectivity index (χ2v) is 6.88. The Bertz CT molecular complexity index is 505. The van der Waals surface area contributed by atoms with Crippen molar-refractivity contribution in [3.63, 3.8) is 0 Å². The number of piperidine rings is 1. The third kappa shape index (κ3) is 3.43. The first kappa shape index (κ1) is 14.5. The summed E-state index contributed by atoms with van der Waals surface area (Å²) in [5, 5.41) is 2.97. The van der Waals surface area contributed by atoms with Crippen LogP contribution in [0.25, 0.3) is 0 Å². The lowest BCUT2D eigenvalue weighted by molar-refractivity contribution is -0.141. The molecular formula is C15H21N3O2S. The Morgan fingerprint density at radius 3 is 2.57 bits per heavy atom. The first-order valence-electron chi connectivity index (χ1n) is 7.59. The monoisotopic (exact) mass is 307 g/mol. The molecule has 0 aromatic carbocycles. The van der Waals surface area contributed by atoms with Gasteiger partial charge in [-0.25, -0.2) is 4.98 Å². The molecule has 0 N–H and O–H groups in total. The summed E-state index contributed by atoms with van der Waals surface area (Å²) in [5.74, 6) is 0.444. The highest BCUT2D eigenvalue weighted by Gasteiger charge is 2.37. The van der Waals surface area contributed by atoms with Gasteiger partial charge < -0.3 is 9.80 Å². The van der Waals surface area contributed by atoms with Crippen molar-refractivity contribution in [3.8, 4) is 0 Å². The Kier molecular flexibility index (Phi) is 4.24. The number of hydrogen-bond donors (Lipinski definition) is 0. The van der Waals surface area contributed by atoms with Gasteiger partial charge in [0, 0.05) is 43.5 Å². The van der Waals surface area contributed by atoms with Crippen LogP contribution in [-0.4, -0.2) is 45.7 Å². The van der Waals surface area contributed by atoms with Crippen molar-refractivity contribution in [2.75, 3.05) is 13.1 Å². The van der Waals surface area contributed by atoms with E-state index in [-0.39, 0.29) is 17.7 Å². The summed E-state index contributed by atoms with van der Waals surface area (Å²) in [7, 11) is 0. The van der Waals surface area contributed by atoms with Gasteiger partial charge >= 0.3 is 0 Å². The SMILES string of the molecule is CC(=O)N1CCC(C(=O)N(Cc2nccs2)C2CC2)CC1. The largest absolute Gasteiger partial charge is 0.343 e. The van der Waals surface area contributed by atoms with E-state index in [9.17, 15) is 9.59 Å². The van der Waals surface area contributed by atoms with Crippen LogP contribution >= 0.6 is 11.3 Å². The Morgan fingerprint density at radius 2 is 2.05 bits per heavy atom. The van der Waals surface area contributed by atoms with Gasteiger partial charge in [0.15, 0.2) is 0 Å². The number of likely N-dealkylation sites (tertiary alicyclic amines) is 1. The van der Waals surface area contributed by atoms with Gasteiger partial charge in [-0.05, 0) is 25.7 Å². The summed E-state index contributed by atoms with van der Waals surface area (Å²) in [6.45, 7) is 3.66. The fourth-order valence-corrected chi connectivity index (χ4v) is 3.54. The van der Waals surface area contributed by atoms with Gasteiger partial charge in [0.1, 0.15) is 5.01 Å². The lowest BCUT2D eigenvalue weighted by atomic mass is 9.95. The van der Waals surface area contributed by atoms with Gasteiger partial charge in [0.05, 0.1) is 6.54 Å². The van der Waals surface area contributed by atoms with Crippen LogP contribution < -0.4 is 0 Å². The molecule has 2 amide bonds. The Hall–Kier alpha value is -1.43. The fraction of sp³-hybridized carbons (Fsp3) is 0.667. The van der Waals surface area contributed by atoms with Gasteiger partial charge in [0.2, 0.25) is 11.8 Å². The predicted molar refractivity (Wildman–Crippen MR) is 80.7 cm³/mol. The minimum absolute atomic E-state index is 0.0705. The predicted octanol–water partition coefficient (Wildman–Crippen LogP) is 1.89. The minimum atomic E-state index is 0.0705. The van der Waals surface area contributed by atoms with Gasteiger partial charge in [-0.3, -0.25) is 9.59 Å². The molecule has 0 bridgehead atoms. The van der Waals surface area contributed by atoms with Gasteiger partial charge in [-0.2, -0.15) is 0 Å². The van der Waals surface area contributed by atoms with E-state index in [1.54, 1.807) is 24.5 Å². The zero-order valence-corrected chi connectivity index (χ0v) is 13.1. The number of amides is 2. The van der Waals surface area contributed by atoms with Crippen LogP contribution in [0.5, 0.6) is 0 Å². The second kappa shape index (κ2) is 6.13. The maximum absolute atomic E-state index is 12.8. The minimum Gasteiger partial charge on any atom is -0.343 e. The molecule has 6 heteroatoms. The summed E-state index contributed by atoms with van der Waals surface area (Å²) in [6.07, 6.45) is 5.60. The molecule has 5 nitrogen and oxygen atoms in total. The highest BCUT2D eigenvalue weighted by atomic mass is 32.1. The molecule has 1 aliphatic heterocycles. The van der Waals surface area contributed by atoms with E-state index < -0.39 is 0 Å². The molecular weight excluding hydrogens is 286 g/mol. The molecule has 3 rings (SSSR count). The zero-order chi connectivity index (χ0) is 14.8. The lowest BCUT2D eigenvalue weighted by Crippen LogP contribution is -2.44. The Morgan fingerprint density at radius 1 is 1.33 bits per heavy atom. The number of carbonyl (C=O) groups is 2. The zero-order valence-electron chi connectivity index (χ0n) is 12.3. The van der Waals surface area contributed by atoms with E-state index >= 15 is 0 Å². The van der Waals surface area contributed by atoms with Crippen molar-refractivity contribution < 1.29 is 9.59 Å². The average molecular weight is 307 g/mol. The number of nitrogens with zero attached hydrogens (tertiary/aromatic N) is 3. The first-order chi connectivity index (χ1) is 10.1. The number of thiazole rings is 1. The summed E-state index contributed by atoms with van der Waals surface area (Å²) in [4.78, 5) is 32.3. The number of aromatic nitrogens is 1. The van der Waals surface area contributed by atoms with Gasteiger partial charge in [0.25, 0.3) is 0 Å².